The monoisotopic (exact) mass is 1880 g/mol. The van der Waals surface area contributed by atoms with Crippen LogP contribution < -0.4 is 0 Å². The van der Waals surface area contributed by atoms with Crippen molar-refractivity contribution in [2.24, 2.45) is 44.3 Å². The second kappa shape index (κ2) is 57.0. The van der Waals surface area contributed by atoms with E-state index in [0.29, 0.717) is 168 Å². The SMILES string of the molecule is Cc1cc(C)c2c(c1)CC(=N/OCC(=O)N1CCC(C)CC1)/C=C/CC/C=C/CCOC2=O.Cc1cc(C)c2c(c1)CC(=N\OCC(=O)N1CCC(C)CC1)/C=C/CC/C=C/CCOC2=O.Cc1cc(C)c2c(c1Cl)CC(=N/OCC(=O)N1CCC(C)CC1)/C=C/CC/C=C/CCOC2=O.Cc1cc(C)c2c(c1Cl)CC(=N\OCC(=O)N1CCC(C)CC1)/C=C/CC/C=C/CCOC2=O. The first-order valence-corrected chi connectivity index (χ1v) is 48.9. The van der Waals surface area contributed by atoms with Gasteiger partial charge in [0.05, 0.1) is 71.5 Å². The Hall–Kier alpha value is -11.0. The van der Waals surface area contributed by atoms with Crippen LogP contribution in [0, 0.1) is 79.1 Å². The molecule has 8 aliphatic rings. The maximum absolute atomic E-state index is 12.9. The van der Waals surface area contributed by atoms with E-state index >= 15 is 0 Å². The third kappa shape index (κ3) is 35.7. The van der Waals surface area contributed by atoms with Gasteiger partial charge < -0.3 is 57.9 Å². The molecule has 4 aromatic carbocycles. The lowest BCUT2D eigenvalue weighted by Gasteiger charge is -2.29. The van der Waals surface area contributed by atoms with Crippen LogP contribution in [0.2, 0.25) is 10.0 Å². The highest BCUT2D eigenvalue weighted by Crippen LogP contribution is 2.33. The molecule has 8 heterocycles. The zero-order chi connectivity index (χ0) is 96.3. The lowest BCUT2D eigenvalue weighted by molar-refractivity contribution is -0.138. The third-order valence-electron chi connectivity index (χ3n) is 24.9. The van der Waals surface area contributed by atoms with Crippen molar-refractivity contribution in [2.75, 3.05) is 105 Å². The van der Waals surface area contributed by atoms with Crippen LogP contribution in [0.25, 0.3) is 0 Å². The van der Waals surface area contributed by atoms with E-state index in [1.54, 1.807) is 0 Å². The van der Waals surface area contributed by atoms with E-state index in [-0.39, 0.29) is 62.0 Å². The number of amides is 4. The summed E-state index contributed by atoms with van der Waals surface area (Å²) in [6.45, 7) is 31.5. The molecule has 12 rings (SSSR count). The van der Waals surface area contributed by atoms with Crippen LogP contribution in [-0.2, 0) is 83.2 Å². The summed E-state index contributed by atoms with van der Waals surface area (Å²) in [6, 6.07) is 11.8. The lowest BCUT2D eigenvalue weighted by Crippen LogP contribution is -2.39. The average Bonchev–Trinajstić information content (AvgIpc) is 0.787. The van der Waals surface area contributed by atoms with E-state index in [4.69, 9.17) is 61.5 Å². The Morgan fingerprint density at radius 2 is 0.530 bits per heavy atom. The van der Waals surface area contributed by atoms with Gasteiger partial charge in [-0.1, -0.05) is 192 Å². The number of cyclic esters (lactones) is 4. The molecule has 8 aliphatic heterocycles. The first kappa shape index (κ1) is 107. The molecule has 4 amide bonds. The van der Waals surface area contributed by atoms with E-state index < -0.39 is 11.9 Å². The van der Waals surface area contributed by atoms with Gasteiger partial charge in [-0.3, -0.25) is 19.2 Å². The largest absolute Gasteiger partial charge is 0.462 e. The van der Waals surface area contributed by atoms with Gasteiger partial charge in [-0.15, -0.1) is 0 Å². The van der Waals surface area contributed by atoms with E-state index in [2.05, 4.69) is 84.8 Å². The maximum Gasteiger partial charge on any atom is 0.338 e. The predicted molar refractivity (Wildman–Crippen MR) is 532 cm³/mol. The Balaban J connectivity index is 0.000000201. The van der Waals surface area contributed by atoms with Crippen molar-refractivity contribution in [1.82, 2.24) is 19.6 Å². The summed E-state index contributed by atoms with van der Waals surface area (Å²) in [5.74, 6) is 1.05. The van der Waals surface area contributed by atoms with E-state index in [0.717, 1.165) is 211 Å². The van der Waals surface area contributed by atoms with E-state index in [1.807, 2.05) is 172 Å². The minimum Gasteiger partial charge on any atom is -0.462 e. The summed E-state index contributed by atoms with van der Waals surface area (Å²) in [5, 5.41) is 18.2. The van der Waals surface area contributed by atoms with Crippen molar-refractivity contribution in [3.8, 4) is 0 Å². The van der Waals surface area contributed by atoms with Gasteiger partial charge in [0.1, 0.15) is 0 Å². The minimum atomic E-state index is -0.390. The number of oxime groups is 4. The number of hydrogen-bond donors (Lipinski definition) is 0. The van der Waals surface area contributed by atoms with Gasteiger partial charge in [0.15, 0.2) is 26.4 Å². The Morgan fingerprint density at radius 3 is 0.791 bits per heavy atom. The highest BCUT2D eigenvalue weighted by atomic mass is 35.5. The number of esters is 4. The van der Waals surface area contributed by atoms with Crippen LogP contribution >= 0.6 is 23.2 Å². The van der Waals surface area contributed by atoms with Crippen LogP contribution in [0.4, 0.5) is 0 Å². The molecule has 0 N–H and O–H groups in total. The molecule has 26 heteroatoms. The summed E-state index contributed by atoms with van der Waals surface area (Å²) in [6.07, 6.45) is 51.7. The number of aryl methyl sites for hydroxylation is 8. The summed E-state index contributed by atoms with van der Waals surface area (Å²) in [7, 11) is 0. The summed E-state index contributed by atoms with van der Waals surface area (Å²) in [5.41, 5.74) is 15.0. The summed E-state index contributed by atoms with van der Waals surface area (Å²) >= 11 is 13.3. The molecule has 0 spiro atoms. The molecule has 4 fully saturated rings. The number of carbonyl (C=O) groups is 8. The molecule has 4 aromatic rings. The first-order valence-electron chi connectivity index (χ1n) is 48.2. The molecule has 0 unspecified atom stereocenters. The van der Waals surface area contributed by atoms with Gasteiger partial charge in [-0.05, 0) is 287 Å². The quantitative estimate of drug-likeness (QED) is 0.0552. The normalized spacial score (nSPS) is 21.5. The molecule has 0 bridgehead atoms. The number of halogens is 2. The van der Waals surface area contributed by atoms with E-state index in [9.17, 15) is 38.4 Å². The zero-order valence-corrected chi connectivity index (χ0v) is 82.7. The van der Waals surface area contributed by atoms with Gasteiger partial charge in [0.2, 0.25) is 0 Å². The number of rotatable bonds is 12. The second-order valence-corrected chi connectivity index (χ2v) is 37.2. The molecule has 724 valence electrons. The summed E-state index contributed by atoms with van der Waals surface area (Å²) < 4.78 is 22.1. The van der Waals surface area contributed by atoms with Crippen molar-refractivity contribution < 1.29 is 76.7 Å². The Morgan fingerprint density at radius 1 is 0.306 bits per heavy atom. The van der Waals surface area contributed by atoms with Gasteiger partial charge in [-0.25, -0.2) is 19.2 Å². The molecule has 0 radical (unpaired) electrons. The third-order valence-corrected chi connectivity index (χ3v) is 25.9. The van der Waals surface area contributed by atoms with Crippen molar-refractivity contribution in [2.45, 2.75) is 237 Å². The number of fused-ring (bicyclic) bond motifs is 4. The molecule has 24 nitrogen and oxygen atoms in total. The van der Waals surface area contributed by atoms with Crippen molar-refractivity contribution in [3.63, 3.8) is 0 Å². The van der Waals surface area contributed by atoms with Crippen molar-refractivity contribution in [3.05, 3.63) is 233 Å². The molecule has 134 heavy (non-hydrogen) atoms. The van der Waals surface area contributed by atoms with Gasteiger partial charge in [-0.2, -0.15) is 0 Å². The second-order valence-electron chi connectivity index (χ2n) is 36.5. The smallest absolute Gasteiger partial charge is 0.338 e. The molecule has 0 aliphatic carbocycles. The van der Waals surface area contributed by atoms with Gasteiger partial charge >= 0.3 is 23.9 Å². The number of hydrogen-bond acceptors (Lipinski definition) is 20. The molecule has 4 saturated heterocycles. The van der Waals surface area contributed by atoms with Crippen LogP contribution in [0.1, 0.15) is 264 Å². The molecule has 0 atom stereocenters. The van der Waals surface area contributed by atoms with Crippen LogP contribution in [-0.4, -0.2) is 195 Å². The van der Waals surface area contributed by atoms with Crippen LogP contribution in [0.3, 0.4) is 0 Å². The number of piperidine rings is 4. The number of benzene rings is 4. The highest BCUT2D eigenvalue weighted by molar-refractivity contribution is 6.33. The number of allylic oxidation sites excluding steroid dienone is 12. The van der Waals surface area contributed by atoms with Crippen LogP contribution in [0.15, 0.2) is 154 Å². The topological polar surface area (TPSA) is 273 Å². The van der Waals surface area contributed by atoms with Gasteiger partial charge in [0, 0.05) is 88.1 Å². The van der Waals surface area contributed by atoms with Crippen molar-refractivity contribution >= 4 is 93.6 Å². The average molecular weight is 1880 g/mol. The Kier molecular flexibility index (Phi) is 45.4. The van der Waals surface area contributed by atoms with Crippen LogP contribution in [0.5, 0.6) is 0 Å². The number of nitrogens with zero attached hydrogens (tertiary/aromatic N) is 8. The Bertz CT molecular complexity index is 4730. The Labute approximate surface area is 804 Å². The molecular formula is C108H142Cl2N8O16. The number of likely N-dealkylation sites (tertiary alicyclic amines) is 4. The maximum atomic E-state index is 12.9. The fourth-order valence-corrected chi connectivity index (χ4v) is 17.5. The minimum absolute atomic E-state index is 0.0306. The summed E-state index contributed by atoms with van der Waals surface area (Å²) in [4.78, 5) is 131. The zero-order valence-electron chi connectivity index (χ0n) is 81.2. The first-order chi connectivity index (χ1) is 64.6. The fourth-order valence-electron chi connectivity index (χ4n) is 17.0. The van der Waals surface area contributed by atoms with Gasteiger partial charge in [0.25, 0.3) is 23.6 Å². The molecule has 0 aromatic heterocycles. The number of ether oxygens (including phenoxy) is 4. The predicted octanol–water partition coefficient (Wildman–Crippen LogP) is 21.0. The molecular weight excluding hydrogens is 1740 g/mol. The standard InChI is InChI=1S/2C27H35ClN2O4.2C27H36N2O4/c2*1-19-11-13-30(14-12-19)24(31)18-34-29-22-10-8-6-4-5-7-9-15-33-27(32)25-20(2)16-21(3)26(28)23(25)17-22;2*1-20-11-13-29(14-12-20)25(30)19-33-28-24-10-8-6-4-5-7-9-15-32-27(31)26-22(3)16-21(2)17-23(26)18-24/h2*5,7-8,10,16,19H,4,6,9,11-15,17-18H2,1-3H3;2*5,7-8,10,16-17,20H,4,6,9,11-15,18-19H2,1-3H3/b7-5+,10-8+,29-22+;7-5+,10-8+,29-22-;7-5+,10-8+,28-24+;7-5+,10-8+,28-24-. The highest BCUT2D eigenvalue weighted by Gasteiger charge is 2.30. The van der Waals surface area contributed by atoms with E-state index in [1.165, 1.54) is 0 Å². The molecule has 0 saturated carbocycles. The van der Waals surface area contributed by atoms with Crippen molar-refractivity contribution in [1.29, 1.82) is 0 Å². The lowest BCUT2D eigenvalue weighted by atomic mass is 9.94. The fraction of sp³-hybridized carbons (Fsp3) is 0.519. The number of carbonyl (C=O) groups excluding carboxylic acids is 8.